The van der Waals surface area contributed by atoms with E-state index in [0.717, 1.165) is 55.0 Å². The molecule has 1 unspecified atom stereocenters. The van der Waals surface area contributed by atoms with Crippen LogP contribution in [0.3, 0.4) is 0 Å². The van der Waals surface area contributed by atoms with Crippen molar-refractivity contribution >= 4 is 75.3 Å². The van der Waals surface area contributed by atoms with Gasteiger partial charge in [0.1, 0.15) is 36.1 Å². The van der Waals surface area contributed by atoms with Crippen molar-refractivity contribution < 1.29 is 86.8 Å². The number of aromatic nitrogens is 2. The zero-order chi connectivity index (χ0) is 81.4. The van der Waals surface area contributed by atoms with E-state index in [9.17, 15) is 22.5 Å². The number of ether oxygens (including phenoxy) is 7. The molecule has 0 bridgehead atoms. The monoisotopic (exact) mass is 1690 g/mol. The van der Waals surface area contributed by atoms with Crippen LogP contribution < -0.4 is 0 Å². The van der Waals surface area contributed by atoms with Crippen LogP contribution in [0.2, 0.25) is 71.0 Å². The first-order valence-electron chi connectivity index (χ1n) is 40.1. The maximum Gasteiger partial charge on any atom is 0.520 e. The van der Waals surface area contributed by atoms with Gasteiger partial charge in [-0.1, -0.05) is 182 Å². The summed E-state index contributed by atoms with van der Waals surface area (Å²) >= 11 is 3.39. The van der Waals surface area contributed by atoms with E-state index in [1.165, 1.54) is 5.57 Å². The number of oxazole rings is 2. The standard InChI is InChI=1S/C82H138BrF3N2O16PSi4/c1-27-108(28-2,29-3)104-81(48-68(92-22)47-72(101-81)73(103-107(25,26)80(18,19)20)42-57(10)35-36-63(91-21)32-31-38-83)49-75-87-62(50-93-75)43-59(12)77-61(14)78(100-76(89)52-105(90)95-53-82(84,85)86)60(13)70(99-77)33-30-34-74-88-69(51-94-74)71-46-67(102-109(54(4)5,55(6)7)56(8)9)45-66(98-71)44-65-41-58(11)40-64(97-65)37-39-96-106(23,24)79(15,16)17/h30-31,34-36,38,42-43,50-51,54-56,60-61,63-68,70-73,77-78H,11,27-29,32-33,37,39-41,44-49,52-53H2,1-10,12-26H3/q+1/b34-30+,36-35+,38-31+,57-42+,59-43+/t60-,61-,63+,64-,65+,66+,67+,68+,70+,71+,72+,73+,77-,78-,81+/m0/s1. The number of hydrogen-bond acceptors (Lipinski definition) is 18. The highest BCUT2D eigenvalue weighted by molar-refractivity contribution is 9.11. The van der Waals surface area contributed by atoms with Crippen LogP contribution in [0.25, 0.3) is 12.2 Å². The number of nitrogens with zero attached hydrogens (tertiary/aromatic N) is 2. The largest absolute Gasteiger partial charge is 0.520 e. The van der Waals surface area contributed by atoms with Crippen LogP contribution in [0.5, 0.6) is 0 Å². The Labute approximate surface area is 666 Å². The van der Waals surface area contributed by atoms with E-state index in [1.54, 1.807) is 32.8 Å². The number of alkyl halides is 3. The van der Waals surface area contributed by atoms with Crippen molar-refractivity contribution in [2.75, 3.05) is 33.6 Å². The average molecular weight is 1690 g/mol. The Kier molecular flexibility index (Phi) is 36.0. The summed E-state index contributed by atoms with van der Waals surface area (Å²) in [6.07, 6.45) is 13.8. The molecule has 0 saturated carbocycles. The Balaban J connectivity index is 1.31. The van der Waals surface area contributed by atoms with Crippen molar-refractivity contribution in [2.24, 2.45) is 11.8 Å². The molecule has 4 saturated heterocycles. The second-order valence-electron chi connectivity index (χ2n) is 35.3. The van der Waals surface area contributed by atoms with Crippen LogP contribution in [0, 0.1) is 11.8 Å². The van der Waals surface area contributed by atoms with Gasteiger partial charge in [-0.25, -0.2) is 14.8 Å². The predicted molar refractivity (Wildman–Crippen MR) is 442 cm³/mol. The normalized spacial score (nSPS) is 27.3. The lowest BCUT2D eigenvalue weighted by Crippen LogP contribution is -2.59. The highest BCUT2D eigenvalue weighted by Crippen LogP contribution is 2.49. The van der Waals surface area contributed by atoms with Gasteiger partial charge in [-0.15, -0.1) is 4.52 Å². The van der Waals surface area contributed by atoms with Gasteiger partial charge in [0.05, 0.1) is 67.5 Å². The molecule has 18 nitrogen and oxygen atoms in total. The Morgan fingerprint density at radius 3 is 2.07 bits per heavy atom. The molecule has 620 valence electrons. The van der Waals surface area contributed by atoms with Crippen LogP contribution in [0.15, 0.2) is 80.0 Å². The molecule has 0 N–H and O–H groups in total. The van der Waals surface area contributed by atoms with Crippen molar-refractivity contribution in [3.8, 4) is 0 Å². The maximum atomic E-state index is 13.7. The van der Waals surface area contributed by atoms with Gasteiger partial charge in [-0.05, 0) is 151 Å². The lowest BCUT2D eigenvalue weighted by atomic mass is 9.79. The molecule has 2 aromatic heterocycles. The highest BCUT2D eigenvalue weighted by Gasteiger charge is 2.54. The third kappa shape index (κ3) is 27.1. The van der Waals surface area contributed by atoms with Gasteiger partial charge in [0, 0.05) is 58.3 Å². The molecule has 109 heavy (non-hydrogen) atoms. The summed E-state index contributed by atoms with van der Waals surface area (Å²) in [7, 11) is -8.76. The summed E-state index contributed by atoms with van der Waals surface area (Å²) in [4.78, 5) is 25.7. The molecule has 0 amide bonds. The summed E-state index contributed by atoms with van der Waals surface area (Å²) in [6, 6.07) is 2.57. The SMILES string of the molecule is C=C1C[C@H](C[C@@H]2C[C@@H](O[Si](C(C)C)(C(C)C)C(C)C)C[C@H](c3coc(/C=C/C[C@H]4O[C@@H](/C(C)=C/c5coc(C[C@]6(O[Si](CC)(CC)CC)C[C@H](OC)C[C@H]([C@@H](/C=C(C)/C=C/[C@@H](C/C=C/Br)OC)O[Si](C)(C)C(C)(C)C)O6)n5)[C@H](C)[C@@H](OC(=O)C[P+](=O)OCC(F)(F)F)[C@H]4C)n3)O2)O[C@@H](CCO[Si](C)(C)C(C)(C)C)C1. The maximum absolute atomic E-state index is 13.7. The molecular weight excluding hydrogens is 1550 g/mol. The second kappa shape index (κ2) is 41.3. The molecule has 0 spiro atoms. The highest BCUT2D eigenvalue weighted by atomic mass is 79.9. The first kappa shape index (κ1) is 95.0. The average Bonchev–Trinajstić information content (AvgIpc) is 1.56. The zero-order valence-corrected chi connectivity index (χ0v) is 77.2. The topological polar surface area (TPSA) is 197 Å². The molecule has 0 aromatic carbocycles. The molecule has 4 fully saturated rings. The first-order valence-corrected chi connectivity index (χ1v) is 52.8. The molecule has 6 heterocycles. The van der Waals surface area contributed by atoms with Crippen molar-refractivity contribution in [3.63, 3.8) is 0 Å². The van der Waals surface area contributed by atoms with E-state index in [2.05, 4.69) is 182 Å². The number of carbonyl (C=O) groups is 1. The lowest BCUT2D eigenvalue weighted by molar-refractivity contribution is -0.276. The molecule has 27 heteroatoms. The Hall–Kier alpha value is -2.87. The van der Waals surface area contributed by atoms with E-state index >= 15 is 0 Å². The van der Waals surface area contributed by atoms with Gasteiger partial charge in [0.15, 0.2) is 43.2 Å². The van der Waals surface area contributed by atoms with Gasteiger partial charge in [0.2, 0.25) is 14.2 Å². The molecule has 6 rings (SSSR count). The number of methoxy groups -OCH3 is 2. The van der Waals surface area contributed by atoms with Gasteiger partial charge in [-0.2, -0.15) is 13.2 Å². The number of hydrogen-bond donors (Lipinski definition) is 0. The molecule has 16 atom stereocenters. The Bertz CT molecular complexity index is 3330. The van der Waals surface area contributed by atoms with Crippen LogP contribution in [-0.2, 0) is 71.2 Å². The van der Waals surface area contributed by atoms with E-state index in [4.69, 9.17) is 69.7 Å². The van der Waals surface area contributed by atoms with Crippen molar-refractivity contribution in [2.45, 2.75) is 358 Å². The second-order valence-corrected chi connectivity index (χ2v) is 56.7. The lowest BCUT2D eigenvalue weighted by Gasteiger charge is -2.50. The van der Waals surface area contributed by atoms with E-state index < -0.39 is 120 Å². The fourth-order valence-electron chi connectivity index (χ4n) is 15.9. The van der Waals surface area contributed by atoms with Gasteiger partial charge in [-0.3, -0.25) is 0 Å². The van der Waals surface area contributed by atoms with Crippen molar-refractivity contribution in [1.29, 1.82) is 0 Å². The summed E-state index contributed by atoms with van der Waals surface area (Å²) in [5.74, 6) is -2.41. The quantitative estimate of drug-likeness (QED) is 0.0201. The van der Waals surface area contributed by atoms with E-state index in [-0.39, 0.29) is 53.1 Å². The van der Waals surface area contributed by atoms with Gasteiger partial charge < -0.3 is 59.7 Å². The summed E-state index contributed by atoms with van der Waals surface area (Å²) < 4.78 is 145. The minimum Gasteiger partial charge on any atom is -0.458 e. The number of allylic oxidation sites excluding steroid dienone is 2. The molecule has 2 aromatic rings. The fourth-order valence-corrected chi connectivity index (χ4v) is 27.6. The molecule has 0 radical (unpaired) electrons. The summed E-state index contributed by atoms with van der Waals surface area (Å²) in [5.41, 5.74) is 5.20. The predicted octanol–water partition coefficient (Wildman–Crippen LogP) is 22.8. The number of rotatable bonds is 39. The number of esters is 1. The first-order chi connectivity index (χ1) is 50.8. The third-order valence-electron chi connectivity index (χ3n) is 24.2. The summed E-state index contributed by atoms with van der Waals surface area (Å²) in [6.45, 7) is 54.2. The van der Waals surface area contributed by atoms with Crippen LogP contribution in [0.1, 0.15) is 225 Å². The third-order valence-corrected chi connectivity index (χ3v) is 45.3. The zero-order valence-electron chi connectivity index (χ0n) is 70.7. The molecular formula is C82H138BrF3N2O16PSi4+. The minimum atomic E-state index is -4.74. The van der Waals surface area contributed by atoms with Crippen LogP contribution in [0.4, 0.5) is 13.2 Å². The van der Waals surface area contributed by atoms with Crippen molar-refractivity contribution in [3.05, 3.63) is 94.4 Å². The number of halogens is 4. The van der Waals surface area contributed by atoms with Crippen LogP contribution in [-0.4, -0.2) is 162 Å². The van der Waals surface area contributed by atoms with Crippen LogP contribution >= 0.6 is 24.0 Å². The van der Waals surface area contributed by atoms with E-state index in [1.807, 2.05) is 44.0 Å². The Morgan fingerprint density at radius 2 is 1.48 bits per heavy atom. The molecule has 4 aliphatic heterocycles. The smallest absolute Gasteiger partial charge is 0.458 e. The summed E-state index contributed by atoms with van der Waals surface area (Å²) in [5, 5.41) is -0.00791. The van der Waals surface area contributed by atoms with Crippen molar-refractivity contribution in [1.82, 2.24) is 9.97 Å². The molecule has 4 aliphatic rings. The minimum absolute atomic E-state index is 0.00751. The fraction of sp³-hybridized carbons (Fsp3) is 0.768. The van der Waals surface area contributed by atoms with Gasteiger partial charge >= 0.3 is 20.2 Å². The van der Waals surface area contributed by atoms with E-state index in [0.29, 0.717) is 84.9 Å². The molecule has 0 aliphatic carbocycles. The number of carbonyl (C=O) groups excluding carboxylic acids is 1. The Morgan fingerprint density at radius 1 is 0.826 bits per heavy atom. The van der Waals surface area contributed by atoms with Gasteiger partial charge in [0.25, 0.3) is 6.16 Å².